The van der Waals surface area contributed by atoms with E-state index < -0.39 is 0 Å². The lowest BCUT2D eigenvalue weighted by molar-refractivity contribution is 0.283. The first-order valence-corrected chi connectivity index (χ1v) is 6.58. The van der Waals surface area contributed by atoms with Gasteiger partial charge in [0, 0.05) is 11.8 Å². The van der Waals surface area contributed by atoms with Gasteiger partial charge in [-0.25, -0.2) is 9.97 Å². The molecular formula is C15H17N3O. The zero-order chi connectivity index (χ0) is 13.1. The molecule has 0 fully saturated rings. The molecule has 4 nitrogen and oxygen atoms in total. The predicted octanol–water partition coefficient (Wildman–Crippen LogP) is 2.11. The maximum absolute atomic E-state index is 5.88. The van der Waals surface area contributed by atoms with Crippen molar-refractivity contribution in [3.63, 3.8) is 0 Å². The van der Waals surface area contributed by atoms with Crippen LogP contribution < -0.4 is 10.1 Å². The van der Waals surface area contributed by atoms with Crippen LogP contribution in [0.2, 0.25) is 0 Å². The first-order chi connectivity index (χ1) is 9.40. The Morgan fingerprint density at radius 2 is 2.26 bits per heavy atom. The van der Waals surface area contributed by atoms with Gasteiger partial charge in [0.1, 0.15) is 12.1 Å². The number of para-hydroxylation sites is 1. The summed E-state index contributed by atoms with van der Waals surface area (Å²) in [7, 11) is 1.94. The molecule has 19 heavy (non-hydrogen) atoms. The smallest absolute Gasteiger partial charge is 0.127 e. The largest absolute Gasteiger partial charge is 0.493 e. The number of hydrogen-bond donors (Lipinski definition) is 1. The summed E-state index contributed by atoms with van der Waals surface area (Å²) >= 11 is 0. The monoisotopic (exact) mass is 255 g/mol. The van der Waals surface area contributed by atoms with Crippen molar-refractivity contribution in [3.8, 4) is 5.75 Å². The summed E-state index contributed by atoms with van der Waals surface area (Å²) < 4.78 is 5.88. The topological polar surface area (TPSA) is 47.0 Å². The van der Waals surface area contributed by atoms with Crippen molar-refractivity contribution in [2.24, 2.45) is 0 Å². The van der Waals surface area contributed by atoms with Gasteiger partial charge in [0.25, 0.3) is 0 Å². The summed E-state index contributed by atoms with van der Waals surface area (Å²) in [5.41, 5.74) is 3.40. The minimum Gasteiger partial charge on any atom is -0.493 e. The molecule has 4 heteroatoms. The molecule has 1 aromatic heterocycles. The Kier molecular flexibility index (Phi) is 3.42. The number of nitrogens with one attached hydrogen (secondary N) is 1. The van der Waals surface area contributed by atoms with Crippen LogP contribution in [0.15, 0.2) is 36.8 Å². The highest BCUT2D eigenvalue weighted by molar-refractivity contribution is 5.46. The van der Waals surface area contributed by atoms with E-state index in [-0.39, 0.29) is 6.04 Å². The lowest BCUT2D eigenvalue weighted by Gasteiger charge is -2.24. The molecule has 2 heterocycles. The SMILES string of the molecule is CNC(c1ccncn1)c1cccc2c1OCCC2. The highest BCUT2D eigenvalue weighted by Gasteiger charge is 2.21. The van der Waals surface area contributed by atoms with E-state index >= 15 is 0 Å². The van der Waals surface area contributed by atoms with Gasteiger partial charge in [-0.15, -0.1) is 0 Å². The number of hydrogen-bond acceptors (Lipinski definition) is 4. The zero-order valence-corrected chi connectivity index (χ0v) is 11.0. The molecule has 0 saturated heterocycles. The van der Waals surface area contributed by atoms with Gasteiger partial charge in [-0.2, -0.15) is 0 Å². The lowest BCUT2D eigenvalue weighted by Crippen LogP contribution is -2.21. The summed E-state index contributed by atoms with van der Waals surface area (Å²) in [6.45, 7) is 0.796. The van der Waals surface area contributed by atoms with Crippen molar-refractivity contribution in [1.29, 1.82) is 0 Å². The quantitative estimate of drug-likeness (QED) is 0.912. The fraction of sp³-hybridized carbons (Fsp3) is 0.333. The molecule has 1 aliphatic rings. The summed E-state index contributed by atoms with van der Waals surface area (Å²) in [6.07, 6.45) is 5.52. The third-order valence-corrected chi connectivity index (χ3v) is 3.46. The van der Waals surface area contributed by atoms with E-state index in [0.29, 0.717) is 0 Å². The van der Waals surface area contributed by atoms with Gasteiger partial charge in [0.05, 0.1) is 18.3 Å². The molecule has 0 spiro atoms. The van der Waals surface area contributed by atoms with Crippen LogP contribution in [0.3, 0.4) is 0 Å². The maximum atomic E-state index is 5.88. The van der Waals surface area contributed by atoms with Gasteiger partial charge in [-0.3, -0.25) is 0 Å². The van der Waals surface area contributed by atoms with E-state index in [1.165, 1.54) is 5.56 Å². The van der Waals surface area contributed by atoms with E-state index in [1.807, 2.05) is 13.1 Å². The Morgan fingerprint density at radius 3 is 3.05 bits per heavy atom. The molecule has 0 aliphatic carbocycles. The summed E-state index contributed by atoms with van der Waals surface area (Å²) in [6, 6.07) is 8.31. The van der Waals surface area contributed by atoms with Crippen molar-refractivity contribution in [3.05, 3.63) is 53.6 Å². The van der Waals surface area contributed by atoms with Crippen molar-refractivity contribution < 1.29 is 4.74 Å². The summed E-state index contributed by atoms with van der Waals surface area (Å²) in [5.74, 6) is 1.02. The predicted molar refractivity (Wildman–Crippen MR) is 73.2 cm³/mol. The lowest BCUT2D eigenvalue weighted by atomic mass is 9.96. The van der Waals surface area contributed by atoms with Crippen molar-refractivity contribution in [2.45, 2.75) is 18.9 Å². The highest BCUT2D eigenvalue weighted by atomic mass is 16.5. The number of benzene rings is 1. The number of fused-ring (bicyclic) bond motifs is 1. The van der Waals surface area contributed by atoms with E-state index in [9.17, 15) is 0 Å². The van der Waals surface area contributed by atoms with Crippen molar-refractivity contribution >= 4 is 0 Å². The highest BCUT2D eigenvalue weighted by Crippen LogP contribution is 2.34. The van der Waals surface area contributed by atoms with Crippen LogP contribution in [0.5, 0.6) is 5.75 Å². The fourth-order valence-electron chi connectivity index (χ4n) is 2.58. The molecule has 3 rings (SSSR count). The average molecular weight is 255 g/mol. The average Bonchev–Trinajstić information content (AvgIpc) is 2.49. The van der Waals surface area contributed by atoms with Gasteiger partial charge in [-0.05, 0) is 31.5 Å². The second-order valence-electron chi connectivity index (χ2n) is 4.64. The van der Waals surface area contributed by atoms with Crippen molar-refractivity contribution in [2.75, 3.05) is 13.7 Å². The molecule has 0 amide bonds. The van der Waals surface area contributed by atoms with Crippen LogP contribution in [0.25, 0.3) is 0 Å². The number of aryl methyl sites for hydroxylation is 1. The first kappa shape index (κ1) is 12.1. The molecule has 98 valence electrons. The number of nitrogens with zero attached hydrogens (tertiary/aromatic N) is 2. The molecular weight excluding hydrogens is 238 g/mol. The van der Waals surface area contributed by atoms with Gasteiger partial charge in [-0.1, -0.05) is 18.2 Å². The number of ether oxygens (including phenoxy) is 1. The minimum absolute atomic E-state index is 0.0380. The van der Waals surface area contributed by atoms with Crippen LogP contribution in [-0.2, 0) is 6.42 Å². The van der Waals surface area contributed by atoms with Crippen LogP contribution in [0, 0.1) is 0 Å². The molecule has 1 atom stereocenters. The molecule has 0 bridgehead atoms. The summed E-state index contributed by atoms with van der Waals surface area (Å²) in [4.78, 5) is 8.32. The number of aromatic nitrogens is 2. The molecule has 0 saturated carbocycles. The second-order valence-corrected chi connectivity index (χ2v) is 4.64. The van der Waals surface area contributed by atoms with Gasteiger partial charge >= 0.3 is 0 Å². The Hall–Kier alpha value is -1.94. The Labute approximate surface area is 112 Å². The maximum Gasteiger partial charge on any atom is 0.127 e. The van der Waals surface area contributed by atoms with E-state index in [4.69, 9.17) is 4.74 Å². The molecule has 1 unspecified atom stereocenters. The summed E-state index contributed by atoms with van der Waals surface area (Å²) in [5, 5.41) is 3.31. The van der Waals surface area contributed by atoms with E-state index in [2.05, 4.69) is 33.5 Å². The van der Waals surface area contributed by atoms with Gasteiger partial charge in [0.2, 0.25) is 0 Å². The number of rotatable bonds is 3. The normalized spacial score (nSPS) is 15.4. The third-order valence-electron chi connectivity index (χ3n) is 3.46. The Balaban J connectivity index is 2.05. The van der Waals surface area contributed by atoms with Crippen molar-refractivity contribution in [1.82, 2.24) is 15.3 Å². The van der Waals surface area contributed by atoms with Gasteiger partial charge in [0.15, 0.2) is 0 Å². The standard InChI is InChI=1S/C15H17N3O/c1-16-14(13-7-8-17-10-18-13)12-6-2-4-11-5-3-9-19-15(11)12/h2,4,6-8,10,14,16H,3,5,9H2,1H3. The minimum atomic E-state index is 0.0380. The molecule has 1 aliphatic heterocycles. The Morgan fingerprint density at radius 1 is 1.32 bits per heavy atom. The zero-order valence-electron chi connectivity index (χ0n) is 11.0. The Bertz CT molecular complexity index is 557. The fourth-order valence-corrected chi connectivity index (χ4v) is 2.58. The second kappa shape index (κ2) is 5.36. The molecule has 2 aromatic rings. The van der Waals surface area contributed by atoms with Crippen LogP contribution in [0.1, 0.15) is 29.3 Å². The van der Waals surface area contributed by atoms with Crippen LogP contribution in [0.4, 0.5) is 0 Å². The first-order valence-electron chi connectivity index (χ1n) is 6.58. The van der Waals surface area contributed by atoms with Crippen LogP contribution >= 0.6 is 0 Å². The van der Waals surface area contributed by atoms with E-state index in [1.54, 1.807) is 12.5 Å². The molecule has 1 N–H and O–H groups in total. The van der Waals surface area contributed by atoms with Gasteiger partial charge < -0.3 is 10.1 Å². The van der Waals surface area contributed by atoms with Crippen LogP contribution in [-0.4, -0.2) is 23.6 Å². The molecule has 1 aromatic carbocycles. The van der Waals surface area contributed by atoms with E-state index in [0.717, 1.165) is 36.5 Å². The molecule has 0 radical (unpaired) electrons. The third kappa shape index (κ3) is 2.31.